The van der Waals surface area contributed by atoms with Crippen molar-refractivity contribution in [1.82, 2.24) is 15.5 Å². The largest absolute Gasteiger partial charge is 0.355 e. The van der Waals surface area contributed by atoms with Gasteiger partial charge in [-0.05, 0) is 30.2 Å². The molecule has 2 rings (SSSR count). The van der Waals surface area contributed by atoms with E-state index < -0.39 is 0 Å². The van der Waals surface area contributed by atoms with Crippen molar-refractivity contribution < 1.29 is 9.18 Å². The van der Waals surface area contributed by atoms with Crippen molar-refractivity contribution in [2.24, 2.45) is 0 Å². The predicted octanol–water partition coefficient (Wildman–Crippen LogP) is 1.45. The van der Waals surface area contributed by atoms with Gasteiger partial charge in [0.15, 0.2) is 0 Å². The fraction of sp³-hybridized carbons (Fsp3) is 0.231. The summed E-state index contributed by atoms with van der Waals surface area (Å²) in [4.78, 5) is 11.5. The monoisotopic (exact) mass is 247 g/mol. The Balaban J connectivity index is 1.72. The first-order chi connectivity index (χ1) is 8.74. The lowest BCUT2D eigenvalue weighted by Gasteiger charge is -2.04. The fourth-order valence-corrected chi connectivity index (χ4v) is 1.62. The first-order valence-electron chi connectivity index (χ1n) is 5.73. The van der Waals surface area contributed by atoms with Gasteiger partial charge in [0.25, 0.3) is 0 Å². The minimum absolute atomic E-state index is 0.0543. The van der Waals surface area contributed by atoms with Crippen LogP contribution in [0.1, 0.15) is 11.3 Å². The highest BCUT2D eigenvalue weighted by molar-refractivity contribution is 5.78. The molecule has 0 saturated heterocycles. The maximum absolute atomic E-state index is 12.7. The van der Waals surface area contributed by atoms with Crippen molar-refractivity contribution in [2.45, 2.75) is 12.8 Å². The molecule has 2 N–H and O–H groups in total. The molecule has 0 aliphatic carbocycles. The fourth-order valence-electron chi connectivity index (χ4n) is 1.62. The molecule has 0 aliphatic heterocycles. The molecular weight excluding hydrogens is 233 g/mol. The summed E-state index contributed by atoms with van der Waals surface area (Å²) < 4.78 is 12.7. The zero-order valence-electron chi connectivity index (χ0n) is 9.82. The summed E-state index contributed by atoms with van der Waals surface area (Å²) in [6.07, 6.45) is 2.60. The number of aromatic amines is 1. The molecule has 1 aromatic carbocycles. The summed E-state index contributed by atoms with van der Waals surface area (Å²) in [5.74, 6) is -0.302. The molecule has 1 heterocycles. The number of aromatic nitrogens is 2. The van der Waals surface area contributed by atoms with E-state index in [0.717, 1.165) is 11.3 Å². The molecule has 94 valence electrons. The SMILES string of the molecule is O=C(Cc1ccn[nH]1)NCCc1ccc(F)cc1. The third-order valence-corrected chi connectivity index (χ3v) is 2.56. The molecule has 0 aliphatic rings. The van der Waals surface area contributed by atoms with Crippen molar-refractivity contribution in [3.8, 4) is 0 Å². The van der Waals surface area contributed by atoms with Crippen molar-refractivity contribution in [1.29, 1.82) is 0 Å². The number of amides is 1. The van der Waals surface area contributed by atoms with Crippen molar-refractivity contribution in [3.05, 3.63) is 53.6 Å². The Hall–Kier alpha value is -2.17. The highest BCUT2D eigenvalue weighted by Crippen LogP contribution is 2.02. The second-order valence-corrected chi connectivity index (χ2v) is 3.99. The minimum Gasteiger partial charge on any atom is -0.355 e. The van der Waals surface area contributed by atoms with Crippen LogP contribution in [0.4, 0.5) is 4.39 Å². The molecule has 1 amide bonds. The lowest BCUT2D eigenvalue weighted by atomic mass is 10.1. The van der Waals surface area contributed by atoms with E-state index >= 15 is 0 Å². The molecule has 1 aromatic heterocycles. The normalized spacial score (nSPS) is 10.3. The Bertz CT molecular complexity index is 493. The number of nitrogens with one attached hydrogen (secondary N) is 2. The van der Waals surface area contributed by atoms with Crippen LogP contribution in [0, 0.1) is 5.82 Å². The molecule has 0 fully saturated rings. The third-order valence-electron chi connectivity index (χ3n) is 2.56. The predicted molar refractivity (Wildman–Crippen MR) is 65.4 cm³/mol. The zero-order chi connectivity index (χ0) is 12.8. The number of hydrogen-bond acceptors (Lipinski definition) is 2. The summed E-state index contributed by atoms with van der Waals surface area (Å²) in [5.41, 5.74) is 1.78. The van der Waals surface area contributed by atoms with E-state index in [1.807, 2.05) is 0 Å². The van der Waals surface area contributed by atoms with Crippen molar-refractivity contribution >= 4 is 5.91 Å². The van der Waals surface area contributed by atoms with Crippen molar-refractivity contribution in [2.75, 3.05) is 6.54 Å². The molecule has 0 atom stereocenters. The van der Waals surface area contributed by atoms with Crippen LogP contribution in [-0.2, 0) is 17.6 Å². The van der Waals surface area contributed by atoms with Gasteiger partial charge in [-0.2, -0.15) is 5.10 Å². The van der Waals surface area contributed by atoms with Crippen LogP contribution >= 0.6 is 0 Å². The second kappa shape index (κ2) is 5.95. The minimum atomic E-state index is -0.248. The van der Waals surface area contributed by atoms with Gasteiger partial charge >= 0.3 is 0 Å². The highest BCUT2D eigenvalue weighted by atomic mass is 19.1. The van der Waals surface area contributed by atoms with Crippen LogP contribution in [-0.4, -0.2) is 22.6 Å². The third kappa shape index (κ3) is 3.69. The molecule has 0 unspecified atom stereocenters. The summed E-state index contributed by atoms with van der Waals surface area (Å²) in [6, 6.07) is 8.04. The number of carbonyl (C=O) groups is 1. The highest BCUT2D eigenvalue weighted by Gasteiger charge is 2.03. The smallest absolute Gasteiger partial charge is 0.226 e. The quantitative estimate of drug-likeness (QED) is 0.840. The van der Waals surface area contributed by atoms with Crippen molar-refractivity contribution in [3.63, 3.8) is 0 Å². The maximum Gasteiger partial charge on any atom is 0.226 e. The maximum atomic E-state index is 12.7. The number of rotatable bonds is 5. The Morgan fingerprint density at radius 3 is 2.72 bits per heavy atom. The van der Waals surface area contributed by atoms with Gasteiger partial charge in [0.05, 0.1) is 6.42 Å². The van der Waals surface area contributed by atoms with E-state index in [9.17, 15) is 9.18 Å². The zero-order valence-corrected chi connectivity index (χ0v) is 9.82. The number of hydrogen-bond donors (Lipinski definition) is 2. The van der Waals surface area contributed by atoms with Gasteiger partial charge in [-0.15, -0.1) is 0 Å². The van der Waals surface area contributed by atoms with Crippen LogP contribution in [0.15, 0.2) is 36.5 Å². The molecule has 0 spiro atoms. The molecule has 4 nitrogen and oxygen atoms in total. The first-order valence-corrected chi connectivity index (χ1v) is 5.73. The summed E-state index contributed by atoms with van der Waals surface area (Å²) >= 11 is 0. The van der Waals surface area contributed by atoms with E-state index in [1.165, 1.54) is 12.1 Å². The summed E-state index contributed by atoms with van der Waals surface area (Å²) in [6.45, 7) is 0.540. The number of carbonyl (C=O) groups excluding carboxylic acids is 1. The number of benzene rings is 1. The van der Waals surface area contributed by atoms with Crippen LogP contribution in [0.2, 0.25) is 0 Å². The Morgan fingerprint density at radius 2 is 2.06 bits per heavy atom. The summed E-state index contributed by atoms with van der Waals surface area (Å²) in [7, 11) is 0. The first kappa shape index (κ1) is 12.3. The van der Waals surface area contributed by atoms with Crippen LogP contribution in [0.5, 0.6) is 0 Å². The summed E-state index contributed by atoms with van der Waals surface area (Å²) in [5, 5.41) is 9.30. The molecule has 18 heavy (non-hydrogen) atoms. The number of halogens is 1. The van der Waals surface area contributed by atoms with E-state index in [1.54, 1.807) is 24.4 Å². The molecule has 0 bridgehead atoms. The van der Waals surface area contributed by atoms with Gasteiger partial charge in [-0.25, -0.2) is 4.39 Å². The van der Waals surface area contributed by atoms with Gasteiger partial charge < -0.3 is 5.32 Å². The van der Waals surface area contributed by atoms with Gasteiger partial charge in [0.1, 0.15) is 5.82 Å². The molecule has 2 aromatic rings. The standard InChI is InChI=1S/C13H14FN3O/c14-11-3-1-10(2-4-11)5-7-15-13(18)9-12-6-8-16-17-12/h1-4,6,8H,5,7,9H2,(H,15,18)(H,16,17). The Kier molecular flexibility index (Phi) is 4.06. The lowest BCUT2D eigenvalue weighted by molar-refractivity contribution is -0.120. The average Bonchev–Trinajstić information content (AvgIpc) is 2.84. The van der Waals surface area contributed by atoms with Crippen LogP contribution < -0.4 is 5.32 Å². The topological polar surface area (TPSA) is 57.8 Å². The van der Waals surface area contributed by atoms with E-state index in [0.29, 0.717) is 19.4 Å². The number of H-pyrrole nitrogens is 1. The Morgan fingerprint density at radius 1 is 1.28 bits per heavy atom. The van der Waals surface area contributed by atoms with E-state index in [-0.39, 0.29) is 11.7 Å². The molecule has 5 heteroatoms. The van der Waals surface area contributed by atoms with E-state index in [4.69, 9.17) is 0 Å². The molecule has 0 saturated carbocycles. The molecular formula is C13H14FN3O. The average molecular weight is 247 g/mol. The van der Waals surface area contributed by atoms with Gasteiger partial charge in [-0.3, -0.25) is 9.89 Å². The van der Waals surface area contributed by atoms with Crippen LogP contribution in [0.3, 0.4) is 0 Å². The number of nitrogens with zero attached hydrogens (tertiary/aromatic N) is 1. The lowest BCUT2D eigenvalue weighted by Crippen LogP contribution is -2.27. The second-order valence-electron chi connectivity index (χ2n) is 3.99. The van der Waals surface area contributed by atoms with Gasteiger partial charge in [0.2, 0.25) is 5.91 Å². The Labute approximate surface area is 104 Å². The van der Waals surface area contributed by atoms with Gasteiger partial charge in [-0.1, -0.05) is 12.1 Å². The van der Waals surface area contributed by atoms with E-state index in [2.05, 4.69) is 15.5 Å². The molecule has 0 radical (unpaired) electrons. The van der Waals surface area contributed by atoms with Gasteiger partial charge in [0, 0.05) is 18.4 Å². The van der Waals surface area contributed by atoms with Crippen LogP contribution in [0.25, 0.3) is 0 Å².